The number of hydrogen-bond donors (Lipinski definition) is 1. The van der Waals surface area contributed by atoms with Gasteiger partial charge in [0.2, 0.25) is 0 Å². The molecule has 7 heteroatoms. The van der Waals surface area contributed by atoms with Gasteiger partial charge in [-0.15, -0.1) is 0 Å². The Balaban J connectivity index is 1.71. The number of carbonyl (C=O) groups excluding carboxylic acids is 1. The van der Waals surface area contributed by atoms with E-state index in [1.807, 2.05) is 6.92 Å². The van der Waals surface area contributed by atoms with Gasteiger partial charge in [0.25, 0.3) is 0 Å². The van der Waals surface area contributed by atoms with Crippen LogP contribution in [0.25, 0.3) is 0 Å². The maximum Gasteiger partial charge on any atom is 0.409 e. The topological polar surface area (TPSA) is 75.7 Å². The Kier molecular flexibility index (Phi) is 4.67. The number of amides is 1. The van der Waals surface area contributed by atoms with Crippen molar-refractivity contribution < 1.29 is 17.9 Å². The van der Waals surface area contributed by atoms with Gasteiger partial charge in [0.1, 0.15) is 0 Å². The molecule has 2 fully saturated rings. The lowest BCUT2D eigenvalue weighted by molar-refractivity contribution is 0.0811. The van der Waals surface area contributed by atoms with Crippen LogP contribution in [0.2, 0.25) is 0 Å². The standard InChI is InChI=1S/C12H22N2O4S/c1-2-3-4-18-12(15)14-7-11(8-14)19(16,17)9-10-5-13-6-10/h10-11,13H,2-9H2,1H3. The fourth-order valence-corrected chi connectivity index (χ4v) is 4.12. The Bertz CT molecular complexity index is 413. The van der Waals surface area contributed by atoms with Crippen LogP contribution in [0.3, 0.4) is 0 Å². The molecule has 2 aliphatic rings. The molecule has 2 rings (SSSR count). The third kappa shape index (κ3) is 3.60. The van der Waals surface area contributed by atoms with Crippen molar-refractivity contribution in [1.82, 2.24) is 10.2 Å². The van der Waals surface area contributed by atoms with E-state index in [1.165, 1.54) is 4.90 Å². The highest BCUT2D eigenvalue weighted by atomic mass is 32.2. The van der Waals surface area contributed by atoms with Crippen molar-refractivity contribution in [1.29, 1.82) is 0 Å². The van der Waals surface area contributed by atoms with E-state index in [0.717, 1.165) is 25.9 Å². The van der Waals surface area contributed by atoms with Gasteiger partial charge in [-0.05, 0) is 12.3 Å². The Morgan fingerprint density at radius 3 is 2.58 bits per heavy atom. The van der Waals surface area contributed by atoms with Crippen molar-refractivity contribution in [2.24, 2.45) is 5.92 Å². The molecule has 0 atom stereocenters. The Labute approximate surface area is 114 Å². The maximum absolute atomic E-state index is 12.0. The van der Waals surface area contributed by atoms with Crippen LogP contribution < -0.4 is 5.32 Å². The molecule has 0 aromatic carbocycles. The summed E-state index contributed by atoms with van der Waals surface area (Å²) in [5.41, 5.74) is 0. The first-order valence-electron chi connectivity index (χ1n) is 6.87. The smallest absolute Gasteiger partial charge is 0.409 e. The first-order chi connectivity index (χ1) is 9.03. The summed E-state index contributed by atoms with van der Waals surface area (Å²) in [6.45, 7) is 4.58. The molecule has 0 bridgehead atoms. The van der Waals surface area contributed by atoms with E-state index in [-0.39, 0.29) is 30.9 Å². The molecule has 19 heavy (non-hydrogen) atoms. The molecule has 0 aliphatic carbocycles. The molecule has 2 heterocycles. The highest BCUT2D eigenvalue weighted by molar-refractivity contribution is 7.92. The van der Waals surface area contributed by atoms with E-state index in [4.69, 9.17) is 4.74 Å². The van der Waals surface area contributed by atoms with Crippen molar-refractivity contribution in [3.8, 4) is 0 Å². The summed E-state index contributed by atoms with van der Waals surface area (Å²) in [6.07, 6.45) is 1.43. The Hall–Kier alpha value is -0.820. The van der Waals surface area contributed by atoms with E-state index in [9.17, 15) is 13.2 Å². The number of nitrogens with one attached hydrogen (secondary N) is 1. The summed E-state index contributed by atoms with van der Waals surface area (Å²) in [5.74, 6) is 0.485. The summed E-state index contributed by atoms with van der Waals surface area (Å²) in [6, 6.07) is 0. The normalized spacial score (nSPS) is 20.8. The third-order valence-corrected chi connectivity index (χ3v) is 5.92. The fourth-order valence-electron chi connectivity index (χ4n) is 2.14. The lowest BCUT2D eigenvalue weighted by Crippen LogP contribution is -2.59. The molecule has 0 radical (unpaired) electrons. The molecule has 1 N–H and O–H groups in total. The number of rotatable bonds is 6. The number of nitrogens with zero attached hydrogens (tertiary/aromatic N) is 1. The van der Waals surface area contributed by atoms with E-state index in [1.54, 1.807) is 0 Å². The summed E-state index contributed by atoms with van der Waals surface area (Å²) < 4.78 is 29.1. The van der Waals surface area contributed by atoms with Gasteiger partial charge >= 0.3 is 6.09 Å². The zero-order valence-electron chi connectivity index (χ0n) is 11.3. The molecule has 6 nitrogen and oxygen atoms in total. The molecule has 1 amide bonds. The van der Waals surface area contributed by atoms with E-state index >= 15 is 0 Å². The van der Waals surface area contributed by atoms with Gasteiger partial charge in [0, 0.05) is 26.2 Å². The largest absolute Gasteiger partial charge is 0.449 e. The molecule has 110 valence electrons. The predicted molar refractivity (Wildman–Crippen MR) is 71.8 cm³/mol. The van der Waals surface area contributed by atoms with Gasteiger partial charge in [-0.1, -0.05) is 13.3 Å². The minimum absolute atomic E-state index is 0.239. The number of hydrogen-bond acceptors (Lipinski definition) is 5. The van der Waals surface area contributed by atoms with Crippen molar-refractivity contribution in [3.63, 3.8) is 0 Å². The zero-order chi connectivity index (χ0) is 13.9. The highest BCUT2D eigenvalue weighted by Crippen LogP contribution is 2.21. The second-order valence-electron chi connectivity index (χ2n) is 5.35. The van der Waals surface area contributed by atoms with Crippen LogP contribution in [0.5, 0.6) is 0 Å². The van der Waals surface area contributed by atoms with Gasteiger partial charge in [-0.2, -0.15) is 0 Å². The number of sulfone groups is 1. The van der Waals surface area contributed by atoms with E-state index < -0.39 is 15.1 Å². The third-order valence-electron chi connectivity index (χ3n) is 3.67. The average molecular weight is 290 g/mol. The number of likely N-dealkylation sites (tertiary alicyclic amines) is 1. The monoisotopic (exact) mass is 290 g/mol. The Morgan fingerprint density at radius 2 is 2.05 bits per heavy atom. The lowest BCUT2D eigenvalue weighted by atomic mass is 10.1. The molecular formula is C12H22N2O4S. The molecule has 0 saturated carbocycles. The second-order valence-corrected chi connectivity index (χ2v) is 7.67. The molecular weight excluding hydrogens is 268 g/mol. The van der Waals surface area contributed by atoms with Crippen molar-refractivity contribution in [2.75, 3.05) is 38.5 Å². The van der Waals surface area contributed by atoms with Crippen molar-refractivity contribution in [3.05, 3.63) is 0 Å². The zero-order valence-corrected chi connectivity index (χ0v) is 12.1. The fraction of sp³-hybridized carbons (Fsp3) is 0.917. The Morgan fingerprint density at radius 1 is 1.37 bits per heavy atom. The molecule has 0 aromatic heterocycles. The first-order valence-corrected chi connectivity index (χ1v) is 8.58. The second kappa shape index (κ2) is 6.09. The molecule has 2 aliphatic heterocycles. The van der Waals surface area contributed by atoms with E-state index in [2.05, 4.69) is 5.32 Å². The van der Waals surface area contributed by atoms with Crippen LogP contribution in [0.15, 0.2) is 0 Å². The summed E-state index contributed by atoms with van der Waals surface area (Å²) >= 11 is 0. The van der Waals surface area contributed by atoms with Crippen LogP contribution in [0.4, 0.5) is 4.79 Å². The summed E-state index contributed by atoms with van der Waals surface area (Å²) in [4.78, 5) is 13.0. The average Bonchev–Trinajstić information content (AvgIpc) is 2.21. The van der Waals surface area contributed by atoms with Crippen LogP contribution in [0, 0.1) is 5.92 Å². The first kappa shape index (κ1) is 14.6. The number of unbranched alkanes of at least 4 members (excludes halogenated alkanes) is 1. The van der Waals surface area contributed by atoms with E-state index in [0.29, 0.717) is 6.61 Å². The number of ether oxygens (including phenoxy) is 1. The highest BCUT2D eigenvalue weighted by Gasteiger charge is 2.41. The van der Waals surface area contributed by atoms with Gasteiger partial charge in [-0.3, -0.25) is 0 Å². The van der Waals surface area contributed by atoms with Gasteiger partial charge < -0.3 is 15.0 Å². The number of carbonyl (C=O) groups is 1. The maximum atomic E-state index is 12.0. The summed E-state index contributed by atoms with van der Waals surface area (Å²) in [5, 5.41) is 2.67. The van der Waals surface area contributed by atoms with Crippen LogP contribution in [-0.2, 0) is 14.6 Å². The minimum atomic E-state index is -3.06. The van der Waals surface area contributed by atoms with Gasteiger partial charge in [-0.25, -0.2) is 13.2 Å². The SMILES string of the molecule is CCCCOC(=O)N1CC(S(=O)(=O)CC2CNC2)C1. The van der Waals surface area contributed by atoms with Crippen molar-refractivity contribution >= 4 is 15.9 Å². The van der Waals surface area contributed by atoms with Gasteiger partial charge in [0.15, 0.2) is 9.84 Å². The quantitative estimate of drug-likeness (QED) is 0.709. The lowest BCUT2D eigenvalue weighted by Gasteiger charge is -2.39. The van der Waals surface area contributed by atoms with Gasteiger partial charge in [0.05, 0.1) is 17.6 Å². The molecule has 0 aromatic rings. The van der Waals surface area contributed by atoms with Crippen LogP contribution in [-0.4, -0.2) is 63.2 Å². The minimum Gasteiger partial charge on any atom is -0.449 e. The molecule has 2 saturated heterocycles. The van der Waals surface area contributed by atoms with Crippen LogP contribution in [0.1, 0.15) is 19.8 Å². The van der Waals surface area contributed by atoms with Crippen molar-refractivity contribution in [2.45, 2.75) is 25.0 Å². The predicted octanol–water partition coefficient (Wildman–Crippen LogP) is 0.242. The van der Waals surface area contributed by atoms with Crippen LogP contribution >= 0.6 is 0 Å². The summed E-state index contributed by atoms with van der Waals surface area (Å²) in [7, 11) is -3.06. The molecule has 0 spiro atoms. The molecule has 0 unspecified atom stereocenters.